The van der Waals surface area contributed by atoms with E-state index in [1.165, 1.54) is 42.1 Å². The van der Waals surface area contributed by atoms with E-state index in [0.717, 1.165) is 0 Å². The van der Waals surface area contributed by atoms with Crippen LogP contribution in [0.2, 0.25) is 5.02 Å². The van der Waals surface area contributed by atoms with Gasteiger partial charge in [-0.3, -0.25) is 34.1 Å². The molecule has 1 aliphatic heterocycles. The minimum Gasteiger partial charge on any atom is -0.457 e. The number of fused-ring (bicyclic) bond motifs is 1. The molecule has 0 saturated carbocycles. The van der Waals surface area contributed by atoms with Crippen molar-refractivity contribution in [1.82, 2.24) is 19.5 Å². The van der Waals surface area contributed by atoms with Crippen LogP contribution < -0.4 is 15.4 Å². The number of halogens is 1. The SMILES string of the molecule is CC(=O)CCC(=O)OC1CC(n2cnc3c(=O)[nH]c(NC(=O)C(C)C)nc32)OC1OP(=O)(O)Oc1ccc(Cl)cc1. The molecule has 15 nitrogen and oxygen atoms in total. The van der Waals surface area contributed by atoms with Gasteiger partial charge in [-0.05, 0) is 31.2 Å². The summed E-state index contributed by atoms with van der Waals surface area (Å²) in [4.78, 5) is 69.6. The Labute approximate surface area is 237 Å². The molecular formula is C24H27ClN5O10P. The van der Waals surface area contributed by atoms with Gasteiger partial charge in [-0.15, -0.1) is 0 Å². The number of phosphoric acid groups is 1. The van der Waals surface area contributed by atoms with Gasteiger partial charge in [0, 0.05) is 23.8 Å². The van der Waals surface area contributed by atoms with Gasteiger partial charge in [0.2, 0.25) is 18.1 Å². The quantitative estimate of drug-likeness (QED) is 0.212. The Kier molecular flexibility index (Phi) is 9.24. The number of ether oxygens (including phenoxy) is 2. The molecule has 4 atom stereocenters. The number of amides is 1. The Morgan fingerprint density at radius 3 is 2.63 bits per heavy atom. The van der Waals surface area contributed by atoms with Crippen LogP contribution in [0.1, 0.15) is 46.3 Å². The standard InChI is InChI=1S/C24H27ClN5O10P/c1-12(2)21(33)28-24-27-20-19(22(34)29-24)26-11-30(20)17-10-16(37-18(32)9-4-13(3)31)23(38-17)40-41(35,36)39-15-7-5-14(25)6-8-15/h5-8,11-12,16-17,23H,4,9-10H2,1-3H3,(H,35,36)(H2,27,28,29,33,34). The molecule has 1 saturated heterocycles. The molecule has 3 N–H and O–H groups in total. The fourth-order valence-corrected chi connectivity index (χ4v) is 4.73. The van der Waals surface area contributed by atoms with Crippen molar-refractivity contribution in [1.29, 1.82) is 0 Å². The number of ketones is 1. The van der Waals surface area contributed by atoms with Crippen molar-refractivity contribution < 1.29 is 42.4 Å². The number of esters is 1. The lowest BCUT2D eigenvalue weighted by Gasteiger charge is -2.21. The first-order chi connectivity index (χ1) is 19.3. The number of hydrogen-bond acceptors (Lipinski definition) is 11. The molecule has 17 heteroatoms. The monoisotopic (exact) mass is 611 g/mol. The van der Waals surface area contributed by atoms with Gasteiger partial charge >= 0.3 is 13.8 Å². The number of Topliss-reactive ketones (excluding diaryl/α,β-unsaturated/α-hetero) is 1. The Morgan fingerprint density at radius 1 is 1.27 bits per heavy atom. The van der Waals surface area contributed by atoms with Crippen LogP contribution in [0.4, 0.5) is 5.95 Å². The van der Waals surface area contributed by atoms with Crippen molar-refractivity contribution >= 4 is 54.2 Å². The summed E-state index contributed by atoms with van der Waals surface area (Å²) in [6, 6.07) is 5.58. The lowest BCUT2D eigenvalue weighted by atomic mass is 10.2. The Balaban J connectivity index is 1.60. The predicted molar refractivity (Wildman–Crippen MR) is 143 cm³/mol. The van der Waals surface area contributed by atoms with Crippen molar-refractivity contribution in [2.75, 3.05) is 5.32 Å². The number of carbonyl (C=O) groups excluding carboxylic acids is 3. The van der Waals surface area contributed by atoms with E-state index in [0.29, 0.717) is 5.02 Å². The third kappa shape index (κ3) is 7.77. The highest BCUT2D eigenvalue weighted by Crippen LogP contribution is 2.48. The molecule has 1 aliphatic rings. The zero-order valence-electron chi connectivity index (χ0n) is 22.1. The summed E-state index contributed by atoms with van der Waals surface area (Å²) >= 11 is 5.83. The van der Waals surface area contributed by atoms with Crippen LogP contribution in [0.15, 0.2) is 35.4 Å². The number of hydrogen-bond donors (Lipinski definition) is 3. The average molecular weight is 612 g/mol. The van der Waals surface area contributed by atoms with Crippen LogP contribution >= 0.6 is 19.4 Å². The second-order valence-corrected chi connectivity index (χ2v) is 11.2. The molecule has 1 amide bonds. The summed E-state index contributed by atoms with van der Waals surface area (Å²) in [5.41, 5.74) is -0.693. The van der Waals surface area contributed by atoms with Gasteiger partial charge in [0.1, 0.15) is 17.8 Å². The first-order valence-electron chi connectivity index (χ1n) is 12.4. The van der Waals surface area contributed by atoms with E-state index >= 15 is 0 Å². The zero-order valence-corrected chi connectivity index (χ0v) is 23.8. The number of rotatable bonds is 11. The van der Waals surface area contributed by atoms with Crippen LogP contribution in [0.25, 0.3) is 11.2 Å². The molecule has 3 heterocycles. The van der Waals surface area contributed by atoms with Gasteiger partial charge in [-0.2, -0.15) is 4.98 Å². The number of carbonyl (C=O) groups is 3. The van der Waals surface area contributed by atoms with Crippen molar-refractivity contribution in [2.24, 2.45) is 5.92 Å². The van der Waals surface area contributed by atoms with E-state index in [-0.39, 0.29) is 59.7 Å². The van der Waals surface area contributed by atoms with E-state index < -0.39 is 38.0 Å². The van der Waals surface area contributed by atoms with Gasteiger partial charge < -0.3 is 18.8 Å². The van der Waals surface area contributed by atoms with Crippen LogP contribution in [0.5, 0.6) is 5.75 Å². The maximum Gasteiger partial charge on any atom is 0.529 e. The molecule has 4 rings (SSSR count). The fraction of sp³-hybridized carbons (Fsp3) is 0.417. The topological polar surface area (TPSA) is 201 Å². The van der Waals surface area contributed by atoms with Crippen molar-refractivity contribution in [3.8, 4) is 5.75 Å². The van der Waals surface area contributed by atoms with Crippen LogP contribution in [-0.2, 0) is 32.9 Å². The number of aromatic amines is 1. The highest BCUT2D eigenvalue weighted by Gasteiger charge is 2.45. The molecule has 3 aromatic rings. The highest BCUT2D eigenvalue weighted by atomic mass is 35.5. The molecule has 0 bridgehead atoms. The average Bonchev–Trinajstić information content (AvgIpc) is 3.47. The molecule has 0 radical (unpaired) electrons. The Bertz CT molecular complexity index is 1560. The molecule has 220 valence electrons. The Morgan fingerprint density at radius 2 is 1.98 bits per heavy atom. The van der Waals surface area contributed by atoms with E-state index in [2.05, 4.69) is 20.3 Å². The molecule has 2 aromatic heterocycles. The third-order valence-electron chi connectivity index (χ3n) is 5.77. The van der Waals surface area contributed by atoms with Gasteiger partial charge in [0.15, 0.2) is 17.3 Å². The lowest BCUT2D eigenvalue weighted by Crippen LogP contribution is -2.29. The third-order valence-corrected chi connectivity index (χ3v) is 6.94. The number of aromatic nitrogens is 4. The maximum absolute atomic E-state index is 12.8. The van der Waals surface area contributed by atoms with Crippen molar-refractivity contribution in [2.45, 2.75) is 58.7 Å². The minimum absolute atomic E-state index is 0.0182. The summed E-state index contributed by atoms with van der Waals surface area (Å²) in [6.07, 6.45) is -3.06. The van der Waals surface area contributed by atoms with E-state index in [1.807, 2.05) is 0 Å². The van der Waals surface area contributed by atoms with E-state index in [9.17, 15) is 28.6 Å². The second-order valence-electron chi connectivity index (χ2n) is 9.43. The summed E-state index contributed by atoms with van der Waals surface area (Å²) in [6.45, 7) is 4.65. The van der Waals surface area contributed by atoms with Crippen LogP contribution in [-0.4, -0.2) is 54.5 Å². The number of nitrogens with zero attached hydrogens (tertiary/aromatic N) is 3. The van der Waals surface area contributed by atoms with Gasteiger partial charge in [-0.25, -0.2) is 14.1 Å². The zero-order chi connectivity index (χ0) is 29.9. The lowest BCUT2D eigenvalue weighted by molar-refractivity contribution is -0.169. The maximum atomic E-state index is 12.8. The minimum atomic E-state index is -4.84. The molecule has 0 aliphatic carbocycles. The second kappa shape index (κ2) is 12.5. The summed E-state index contributed by atoms with van der Waals surface area (Å²) in [5, 5.41) is 2.88. The number of benzene rings is 1. The largest absolute Gasteiger partial charge is 0.529 e. The first kappa shape index (κ1) is 30.3. The van der Waals surface area contributed by atoms with Crippen LogP contribution in [0.3, 0.4) is 0 Å². The number of H-pyrrole nitrogens is 1. The fourth-order valence-electron chi connectivity index (χ4n) is 3.73. The molecular weight excluding hydrogens is 585 g/mol. The molecule has 41 heavy (non-hydrogen) atoms. The van der Waals surface area contributed by atoms with E-state index in [1.54, 1.807) is 13.8 Å². The van der Waals surface area contributed by atoms with Crippen molar-refractivity contribution in [3.63, 3.8) is 0 Å². The predicted octanol–water partition coefficient (Wildman–Crippen LogP) is 3.09. The summed E-state index contributed by atoms with van der Waals surface area (Å²) in [5.74, 6) is -1.92. The van der Waals surface area contributed by atoms with Gasteiger partial charge in [0.05, 0.1) is 12.7 Å². The summed E-state index contributed by atoms with van der Waals surface area (Å²) in [7, 11) is -4.84. The normalized spacial score (nSPS) is 20.1. The summed E-state index contributed by atoms with van der Waals surface area (Å²) < 4.78 is 35.7. The number of nitrogens with one attached hydrogen (secondary N) is 2. The van der Waals surface area contributed by atoms with Crippen LogP contribution in [0, 0.1) is 5.92 Å². The smallest absolute Gasteiger partial charge is 0.457 e. The highest BCUT2D eigenvalue weighted by molar-refractivity contribution is 7.47. The number of phosphoric ester groups is 1. The Hall–Kier alpha value is -3.62. The number of imidazole rings is 1. The number of anilines is 1. The van der Waals surface area contributed by atoms with Gasteiger partial charge in [-0.1, -0.05) is 25.4 Å². The molecule has 4 unspecified atom stereocenters. The first-order valence-corrected chi connectivity index (χ1v) is 14.3. The molecule has 1 aromatic carbocycles. The molecule has 1 fully saturated rings. The molecule has 0 spiro atoms. The van der Waals surface area contributed by atoms with Gasteiger partial charge in [0.25, 0.3) is 5.56 Å². The van der Waals surface area contributed by atoms with Crippen molar-refractivity contribution in [3.05, 3.63) is 46.0 Å². The van der Waals surface area contributed by atoms with E-state index in [4.69, 9.17) is 30.1 Å².